The average molecular weight is 484 g/mol. The van der Waals surface area contributed by atoms with E-state index in [2.05, 4.69) is 34.4 Å². The Morgan fingerprint density at radius 2 is 1.26 bits per heavy atom. The molecule has 0 atom stereocenters. The Hall–Kier alpha value is -2.70. The number of nitrogens with zero attached hydrogens (tertiary/aromatic N) is 3. The van der Waals surface area contributed by atoms with Gasteiger partial charge in [-0.05, 0) is 30.5 Å². The molecular formula is C28H45N5O2. The molecule has 194 valence electrons. The highest BCUT2D eigenvalue weighted by Crippen LogP contribution is 2.31. The average Bonchev–Trinajstić information content (AvgIpc) is 2.86. The number of aromatic nitrogens is 2. The number of aryl methyl sites for hydroxylation is 1. The lowest BCUT2D eigenvalue weighted by molar-refractivity contribution is -0.383. The van der Waals surface area contributed by atoms with Crippen LogP contribution in [-0.4, -0.2) is 21.4 Å². The molecule has 1 heterocycles. The van der Waals surface area contributed by atoms with Crippen LogP contribution in [0.5, 0.6) is 0 Å². The third kappa shape index (κ3) is 11.5. The SMILES string of the molecule is CCCCCCCCCCCCCCCCNc1ncnc(Nc2ccc(CC)cc2)c1[N+](=O)[O-]. The van der Waals surface area contributed by atoms with Crippen LogP contribution in [0.1, 0.15) is 109 Å². The summed E-state index contributed by atoms with van der Waals surface area (Å²) in [5.74, 6) is 0.477. The molecule has 35 heavy (non-hydrogen) atoms. The fraction of sp³-hybridized carbons (Fsp3) is 0.643. The lowest BCUT2D eigenvalue weighted by atomic mass is 10.0. The fourth-order valence-electron chi connectivity index (χ4n) is 4.26. The molecule has 0 unspecified atom stereocenters. The first-order chi connectivity index (χ1) is 17.2. The van der Waals surface area contributed by atoms with Crippen molar-refractivity contribution in [1.29, 1.82) is 0 Å². The molecule has 1 aromatic carbocycles. The molecule has 0 bridgehead atoms. The van der Waals surface area contributed by atoms with Gasteiger partial charge >= 0.3 is 5.69 Å². The lowest BCUT2D eigenvalue weighted by Crippen LogP contribution is -2.09. The second kappa shape index (κ2) is 17.7. The van der Waals surface area contributed by atoms with Crippen molar-refractivity contribution in [3.8, 4) is 0 Å². The number of nitro groups is 1. The number of rotatable bonds is 20. The minimum absolute atomic E-state index is 0.113. The number of nitrogens with one attached hydrogen (secondary N) is 2. The molecule has 0 aliphatic carbocycles. The molecule has 0 amide bonds. The van der Waals surface area contributed by atoms with E-state index in [0.29, 0.717) is 6.54 Å². The Bertz CT molecular complexity index is 842. The van der Waals surface area contributed by atoms with E-state index in [4.69, 9.17) is 0 Å². The first kappa shape index (κ1) is 28.5. The highest BCUT2D eigenvalue weighted by atomic mass is 16.6. The van der Waals surface area contributed by atoms with Crippen LogP contribution in [0.2, 0.25) is 0 Å². The zero-order valence-corrected chi connectivity index (χ0v) is 21.9. The predicted molar refractivity (Wildman–Crippen MR) is 147 cm³/mol. The normalized spacial score (nSPS) is 10.9. The van der Waals surface area contributed by atoms with Crippen molar-refractivity contribution in [1.82, 2.24) is 9.97 Å². The molecule has 7 heteroatoms. The van der Waals surface area contributed by atoms with Gasteiger partial charge in [0.1, 0.15) is 6.33 Å². The van der Waals surface area contributed by atoms with E-state index < -0.39 is 4.92 Å². The van der Waals surface area contributed by atoms with Gasteiger partial charge in [0.2, 0.25) is 11.6 Å². The summed E-state index contributed by atoms with van der Waals surface area (Å²) in [6.07, 6.45) is 20.6. The van der Waals surface area contributed by atoms with E-state index in [9.17, 15) is 10.1 Å². The molecule has 7 nitrogen and oxygen atoms in total. The summed E-state index contributed by atoms with van der Waals surface area (Å²) in [6.45, 7) is 5.02. The molecule has 2 aromatic rings. The Kier molecular flexibility index (Phi) is 14.4. The van der Waals surface area contributed by atoms with Gasteiger partial charge in [-0.25, -0.2) is 9.97 Å². The molecular weight excluding hydrogens is 438 g/mol. The molecule has 1 aromatic heterocycles. The van der Waals surface area contributed by atoms with Crippen LogP contribution in [0.15, 0.2) is 30.6 Å². The zero-order valence-electron chi connectivity index (χ0n) is 21.9. The molecule has 0 aliphatic rings. The van der Waals surface area contributed by atoms with E-state index in [1.165, 1.54) is 88.9 Å². The monoisotopic (exact) mass is 483 g/mol. The number of hydrogen-bond donors (Lipinski definition) is 2. The maximum atomic E-state index is 11.7. The topological polar surface area (TPSA) is 93.0 Å². The molecule has 0 spiro atoms. The fourth-order valence-corrected chi connectivity index (χ4v) is 4.26. The predicted octanol–water partition coefficient (Wildman–Crippen LogP) is 8.58. The minimum atomic E-state index is -0.420. The maximum absolute atomic E-state index is 11.7. The largest absolute Gasteiger partial charge is 0.364 e. The smallest absolute Gasteiger partial charge is 0.353 e. The van der Waals surface area contributed by atoms with Gasteiger partial charge in [-0.1, -0.05) is 109 Å². The quantitative estimate of drug-likeness (QED) is 0.111. The highest BCUT2D eigenvalue weighted by Gasteiger charge is 2.22. The third-order valence-corrected chi connectivity index (χ3v) is 6.45. The Morgan fingerprint density at radius 3 is 1.77 bits per heavy atom. The first-order valence-electron chi connectivity index (χ1n) is 13.7. The van der Waals surface area contributed by atoms with Crippen molar-refractivity contribution in [2.75, 3.05) is 17.2 Å². The zero-order chi connectivity index (χ0) is 25.1. The Labute approximate surface area is 211 Å². The summed E-state index contributed by atoms with van der Waals surface area (Å²) in [4.78, 5) is 19.6. The number of hydrogen-bond acceptors (Lipinski definition) is 6. The molecule has 0 saturated heterocycles. The summed E-state index contributed by atoms with van der Waals surface area (Å²) >= 11 is 0. The highest BCUT2D eigenvalue weighted by molar-refractivity contribution is 5.73. The molecule has 0 radical (unpaired) electrons. The third-order valence-electron chi connectivity index (χ3n) is 6.45. The van der Waals surface area contributed by atoms with Gasteiger partial charge in [-0.3, -0.25) is 10.1 Å². The van der Waals surface area contributed by atoms with Crippen molar-refractivity contribution < 1.29 is 4.92 Å². The van der Waals surface area contributed by atoms with E-state index in [1.54, 1.807) is 0 Å². The van der Waals surface area contributed by atoms with Crippen LogP contribution in [0.3, 0.4) is 0 Å². The number of benzene rings is 1. The van der Waals surface area contributed by atoms with Crippen molar-refractivity contribution >= 4 is 23.0 Å². The van der Waals surface area contributed by atoms with Crippen LogP contribution >= 0.6 is 0 Å². The molecule has 2 rings (SSSR count). The number of unbranched alkanes of at least 4 members (excludes halogenated alkanes) is 13. The van der Waals surface area contributed by atoms with Crippen molar-refractivity contribution in [2.45, 2.75) is 110 Å². The number of anilines is 3. The van der Waals surface area contributed by atoms with E-state index >= 15 is 0 Å². The summed E-state index contributed by atoms with van der Waals surface area (Å²) in [5, 5.41) is 18.0. The van der Waals surface area contributed by atoms with Gasteiger partial charge in [0.25, 0.3) is 0 Å². The standard InChI is InChI=1S/C28H45N5O2/c1-3-5-6-7-8-9-10-11-12-13-14-15-16-17-22-29-27-26(33(34)35)28(31-23-30-27)32-25-20-18-24(4-2)19-21-25/h18-21,23H,3-17,22H2,1-2H3,(H2,29,30,31,32). The van der Waals surface area contributed by atoms with Gasteiger partial charge in [0, 0.05) is 12.2 Å². The van der Waals surface area contributed by atoms with Crippen LogP contribution in [-0.2, 0) is 6.42 Å². The summed E-state index contributed by atoms with van der Waals surface area (Å²) < 4.78 is 0. The molecule has 0 aliphatic heterocycles. The van der Waals surface area contributed by atoms with E-state index in [0.717, 1.165) is 24.9 Å². The van der Waals surface area contributed by atoms with Gasteiger partial charge < -0.3 is 10.6 Å². The maximum Gasteiger partial charge on any atom is 0.353 e. The summed E-state index contributed by atoms with van der Waals surface area (Å²) in [6, 6.07) is 7.83. The van der Waals surface area contributed by atoms with Crippen molar-refractivity contribution in [2.24, 2.45) is 0 Å². The van der Waals surface area contributed by atoms with Gasteiger partial charge in [-0.2, -0.15) is 0 Å². The van der Waals surface area contributed by atoms with Crippen molar-refractivity contribution in [3.63, 3.8) is 0 Å². The molecule has 0 fully saturated rings. The van der Waals surface area contributed by atoms with Gasteiger partial charge in [0.15, 0.2) is 0 Å². The lowest BCUT2D eigenvalue weighted by Gasteiger charge is -2.10. The van der Waals surface area contributed by atoms with E-state index in [1.807, 2.05) is 24.3 Å². The summed E-state index contributed by atoms with van der Waals surface area (Å²) in [7, 11) is 0. The molecule has 0 saturated carbocycles. The van der Waals surface area contributed by atoms with Crippen LogP contribution in [0, 0.1) is 10.1 Å². The first-order valence-corrected chi connectivity index (χ1v) is 13.7. The van der Waals surface area contributed by atoms with E-state index in [-0.39, 0.29) is 17.3 Å². The summed E-state index contributed by atoms with van der Waals surface area (Å²) in [5.41, 5.74) is 1.86. The van der Waals surface area contributed by atoms with Gasteiger partial charge in [0.05, 0.1) is 4.92 Å². The minimum Gasteiger partial charge on any atom is -0.364 e. The second-order valence-corrected chi connectivity index (χ2v) is 9.38. The van der Waals surface area contributed by atoms with Gasteiger partial charge in [-0.15, -0.1) is 0 Å². The van der Waals surface area contributed by atoms with Crippen LogP contribution in [0.4, 0.5) is 23.0 Å². The molecule has 2 N–H and O–H groups in total. The Morgan fingerprint density at radius 1 is 0.743 bits per heavy atom. The second-order valence-electron chi connectivity index (χ2n) is 9.38. The van der Waals surface area contributed by atoms with Crippen LogP contribution < -0.4 is 10.6 Å². The van der Waals surface area contributed by atoms with Crippen LogP contribution in [0.25, 0.3) is 0 Å². The van der Waals surface area contributed by atoms with Crippen molar-refractivity contribution in [3.05, 3.63) is 46.3 Å². The Balaban J connectivity index is 1.63.